The molecule has 27 heavy (non-hydrogen) atoms. The molecule has 1 N–H and O–H groups in total. The number of carbonyl (C=O) groups is 1. The molecule has 0 atom stereocenters. The molecule has 0 saturated carbocycles. The van der Waals surface area contributed by atoms with E-state index in [1.807, 2.05) is 66.3 Å². The highest BCUT2D eigenvalue weighted by Crippen LogP contribution is 2.34. The van der Waals surface area contributed by atoms with Gasteiger partial charge in [-0.3, -0.25) is 4.98 Å². The summed E-state index contributed by atoms with van der Waals surface area (Å²) in [6.07, 6.45) is 5.39. The molecule has 0 fully saturated rings. The summed E-state index contributed by atoms with van der Waals surface area (Å²) in [5.74, 6) is -0.947. The normalized spacial score (nSPS) is 10.7. The first-order valence-corrected chi connectivity index (χ1v) is 8.53. The van der Waals surface area contributed by atoms with Gasteiger partial charge >= 0.3 is 5.97 Å². The smallest absolute Gasteiger partial charge is 0.335 e. The molecular formula is C22H17N3O2. The number of pyridine rings is 1. The molecule has 2 heterocycles. The van der Waals surface area contributed by atoms with Gasteiger partial charge in [-0.2, -0.15) is 5.10 Å². The first-order chi connectivity index (χ1) is 13.1. The molecule has 0 saturated heterocycles. The SMILES string of the molecule is Cc1ccc(C(=O)O)cc1-c1cn(-c2ccccc2)nc1-c1ccncc1. The summed E-state index contributed by atoms with van der Waals surface area (Å²) >= 11 is 0. The first-order valence-electron chi connectivity index (χ1n) is 8.53. The molecule has 0 bridgehead atoms. The van der Waals surface area contributed by atoms with Crippen LogP contribution in [0.4, 0.5) is 0 Å². The molecule has 4 aromatic rings. The number of aromatic carboxylic acids is 1. The second-order valence-electron chi connectivity index (χ2n) is 6.24. The quantitative estimate of drug-likeness (QED) is 0.580. The number of hydrogen-bond acceptors (Lipinski definition) is 3. The highest BCUT2D eigenvalue weighted by Gasteiger charge is 2.17. The van der Waals surface area contributed by atoms with Crippen LogP contribution in [0.5, 0.6) is 0 Å². The van der Waals surface area contributed by atoms with Gasteiger partial charge in [-0.05, 0) is 54.4 Å². The minimum Gasteiger partial charge on any atom is -0.478 e. The number of aromatic nitrogens is 3. The highest BCUT2D eigenvalue weighted by atomic mass is 16.4. The van der Waals surface area contributed by atoms with Gasteiger partial charge in [0.1, 0.15) is 5.69 Å². The van der Waals surface area contributed by atoms with Crippen LogP contribution < -0.4 is 0 Å². The Morgan fingerprint density at radius 3 is 2.41 bits per heavy atom. The number of carboxylic acid groups (broad SMARTS) is 1. The Morgan fingerprint density at radius 2 is 1.70 bits per heavy atom. The lowest BCUT2D eigenvalue weighted by Crippen LogP contribution is -1.97. The van der Waals surface area contributed by atoms with Crippen LogP contribution in [0.2, 0.25) is 0 Å². The van der Waals surface area contributed by atoms with Crippen LogP contribution in [-0.4, -0.2) is 25.8 Å². The Hall–Kier alpha value is -3.73. The van der Waals surface area contributed by atoms with Gasteiger partial charge in [-0.25, -0.2) is 9.48 Å². The van der Waals surface area contributed by atoms with Gasteiger partial charge in [-0.15, -0.1) is 0 Å². The van der Waals surface area contributed by atoms with E-state index in [1.54, 1.807) is 24.5 Å². The van der Waals surface area contributed by atoms with Crippen LogP contribution in [-0.2, 0) is 0 Å². The topological polar surface area (TPSA) is 68.0 Å². The lowest BCUT2D eigenvalue weighted by atomic mass is 9.96. The fraction of sp³-hybridized carbons (Fsp3) is 0.0455. The zero-order valence-corrected chi connectivity index (χ0v) is 14.7. The largest absolute Gasteiger partial charge is 0.478 e. The van der Waals surface area contributed by atoms with Crippen molar-refractivity contribution >= 4 is 5.97 Å². The Bertz CT molecular complexity index is 1100. The van der Waals surface area contributed by atoms with Crippen LogP contribution in [0.25, 0.3) is 28.1 Å². The summed E-state index contributed by atoms with van der Waals surface area (Å²) in [4.78, 5) is 15.5. The van der Waals surface area contributed by atoms with Crippen molar-refractivity contribution in [2.45, 2.75) is 6.92 Å². The third-order valence-electron chi connectivity index (χ3n) is 4.46. The first kappa shape index (κ1) is 16.7. The molecular weight excluding hydrogens is 338 g/mol. The Labute approximate surface area is 156 Å². The highest BCUT2D eigenvalue weighted by molar-refractivity contribution is 5.91. The standard InChI is InChI=1S/C22H17N3O2/c1-15-7-8-17(22(26)27)13-19(15)20-14-25(18-5-3-2-4-6-18)24-21(20)16-9-11-23-12-10-16/h2-14H,1H3,(H,26,27). The molecule has 0 aliphatic rings. The van der Waals surface area contributed by atoms with Gasteiger partial charge in [0.2, 0.25) is 0 Å². The average molecular weight is 355 g/mol. The van der Waals surface area contributed by atoms with Crippen molar-refractivity contribution in [3.8, 4) is 28.1 Å². The number of rotatable bonds is 4. The minimum atomic E-state index is -0.947. The van der Waals surface area contributed by atoms with Crippen molar-refractivity contribution in [3.05, 3.63) is 90.4 Å². The van der Waals surface area contributed by atoms with Gasteiger partial charge in [0.05, 0.1) is 11.3 Å². The molecule has 0 amide bonds. The Balaban J connectivity index is 1.96. The van der Waals surface area contributed by atoms with E-state index >= 15 is 0 Å². The summed E-state index contributed by atoms with van der Waals surface area (Å²) in [6, 6.07) is 18.8. The van der Waals surface area contributed by atoms with E-state index in [1.165, 1.54) is 0 Å². The van der Waals surface area contributed by atoms with Gasteiger partial charge in [0.15, 0.2) is 0 Å². The van der Waals surface area contributed by atoms with Crippen LogP contribution in [0.15, 0.2) is 79.3 Å². The van der Waals surface area contributed by atoms with E-state index in [2.05, 4.69) is 4.98 Å². The van der Waals surface area contributed by atoms with E-state index in [0.29, 0.717) is 0 Å². The molecule has 5 nitrogen and oxygen atoms in total. The third-order valence-corrected chi connectivity index (χ3v) is 4.46. The van der Waals surface area contributed by atoms with Crippen molar-refractivity contribution in [1.82, 2.24) is 14.8 Å². The van der Waals surface area contributed by atoms with Gasteiger partial charge in [-0.1, -0.05) is 24.3 Å². The number of aryl methyl sites for hydroxylation is 1. The maximum atomic E-state index is 11.4. The number of para-hydroxylation sites is 1. The number of benzene rings is 2. The molecule has 0 spiro atoms. The minimum absolute atomic E-state index is 0.253. The number of carboxylic acids is 1. The lowest BCUT2D eigenvalue weighted by molar-refractivity contribution is 0.0697. The second kappa shape index (κ2) is 6.88. The predicted molar refractivity (Wildman–Crippen MR) is 104 cm³/mol. The molecule has 0 aliphatic heterocycles. The summed E-state index contributed by atoms with van der Waals surface area (Å²) in [6.45, 7) is 1.97. The van der Waals surface area contributed by atoms with Crippen LogP contribution in [0.3, 0.4) is 0 Å². The summed E-state index contributed by atoms with van der Waals surface area (Å²) in [7, 11) is 0. The molecule has 2 aromatic heterocycles. The van der Waals surface area contributed by atoms with E-state index < -0.39 is 5.97 Å². The lowest BCUT2D eigenvalue weighted by Gasteiger charge is -2.07. The molecule has 132 valence electrons. The third kappa shape index (κ3) is 3.22. The molecule has 2 aromatic carbocycles. The Morgan fingerprint density at radius 1 is 0.963 bits per heavy atom. The Kier molecular flexibility index (Phi) is 4.26. The number of hydrogen-bond donors (Lipinski definition) is 1. The van der Waals surface area contributed by atoms with Gasteiger partial charge < -0.3 is 5.11 Å². The summed E-state index contributed by atoms with van der Waals surface area (Å²) in [5.41, 5.74) is 5.62. The van der Waals surface area contributed by atoms with Crippen molar-refractivity contribution in [3.63, 3.8) is 0 Å². The molecule has 4 rings (SSSR count). The average Bonchev–Trinajstić information content (AvgIpc) is 3.15. The van der Waals surface area contributed by atoms with Crippen molar-refractivity contribution in [1.29, 1.82) is 0 Å². The van der Waals surface area contributed by atoms with E-state index in [-0.39, 0.29) is 5.56 Å². The fourth-order valence-electron chi connectivity index (χ4n) is 3.05. The van der Waals surface area contributed by atoms with Crippen molar-refractivity contribution in [2.24, 2.45) is 0 Å². The molecule has 0 radical (unpaired) electrons. The van der Waals surface area contributed by atoms with Crippen LogP contribution in [0, 0.1) is 6.92 Å². The zero-order chi connectivity index (χ0) is 18.8. The van der Waals surface area contributed by atoms with Crippen molar-refractivity contribution in [2.75, 3.05) is 0 Å². The van der Waals surface area contributed by atoms with E-state index in [9.17, 15) is 9.90 Å². The molecule has 0 aliphatic carbocycles. The monoisotopic (exact) mass is 355 g/mol. The molecule has 5 heteroatoms. The van der Waals surface area contributed by atoms with E-state index in [4.69, 9.17) is 5.10 Å². The predicted octanol–water partition coefficient (Wildman–Crippen LogP) is 4.61. The summed E-state index contributed by atoms with van der Waals surface area (Å²) < 4.78 is 1.82. The van der Waals surface area contributed by atoms with E-state index in [0.717, 1.165) is 33.6 Å². The molecule has 0 unspecified atom stereocenters. The maximum Gasteiger partial charge on any atom is 0.335 e. The number of nitrogens with zero attached hydrogens (tertiary/aromatic N) is 3. The van der Waals surface area contributed by atoms with Crippen molar-refractivity contribution < 1.29 is 9.90 Å². The van der Waals surface area contributed by atoms with Crippen LogP contribution in [0.1, 0.15) is 15.9 Å². The van der Waals surface area contributed by atoms with Gasteiger partial charge in [0, 0.05) is 29.7 Å². The zero-order valence-electron chi connectivity index (χ0n) is 14.7. The van der Waals surface area contributed by atoms with Gasteiger partial charge in [0.25, 0.3) is 0 Å². The van der Waals surface area contributed by atoms with Crippen LogP contribution >= 0.6 is 0 Å². The second-order valence-corrected chi connectivity index (χ2v) is 6.24. The summed E-state index contributed by atoms with van der Waals surface area (Å²) in [5, 5.41) is 14.2. The maximum absolute atomic E-state index is 11.4. The fourth-order valence-corrected chi connectivity index (χ4v) is 3.05.